The highest BCUT2D eigenvalue weighted by Crippen LogP contribution is 2.23. The van der Waals surface area contributed by atoms with Gasteiger partial charge in [-0.1, -0.05) is 24.3 Å². The van der Waals surface area contributed by atoms with Gasteiger partial charge in [0.2, 0.25) is 0 Å². The number of aliphatic hydroxyl groups excluding tert-OH is 1. The van der Waals surface area contributed by atoms with Gasteiger partial charge < -0.3 is 14.9 Å². The smallest absolute Gasteiger partial charge is 0.273 e. The van der Waals surface area contributed by atoms with Crippen LogP contribution >= 0.6 is 11.3 Å². The van der Waals surface area contributed by atoms with E-state index in [-0.39, 0.29) is 12.5 Å². The number of thiazole rings is 1. The van der Waals surface area contributed by atoms with E-state index in [1.54, 1.807) is 11.3 Å². The molecule has 1 saturated heterocycles. The van der Waals surface area contributed by atoms with Gasteiger partial charge in [-0.3, -0.25) is 4.79 Å². The largest absolute Gasteiger partial charge is 0.392 e. The molecule has 5 nitrogen and oxygen atoms in total. The Bertz CT molecular complexity index is 729. The number of nitrogens with zero attached hydrogens (tertiary/aromatic N) is 3. The van der Waals surface area contributed by atoms with Crippen LogP contribution in [0.2, 0.25) is 0 Å². The summed E-state index contributed by atoms with van der Waals surface area (Å²) in [7, 11) is 4.00. The number of amides is 1. The maximum absolute atomic E-state index is 12.7. The summed E-state index contributed by atoms with van der Waals surface area (Å²) in [5, 5.41) is 12.1. The van der Waals surface area contributed by atoms with Gasteiger partial charge in [0.25, 0.3) is 5.91 Å². The zero-order valence-corrected chi connectivity index (χ0v) is 15.6. The number of carbonyl (C=O) groups is 1. The summed E-state index contributed by atoms with van der Waals surface area (Å²) < 4.78 is 0. The number of hydrogen-bond acceptors (Lipinski definition) is 5. The first-order valence-electron chi connectivity index (χ1n) is 8.62. The first-order valence-corrected chi connectivity index (χ1v) is 9.50. The summed E-state index contributed by atoms with van der Waals surface area (Å²) >= 11 is 1.55. The molecular weight excluding hydrogens is 334 g/mol. The zero-order chi connectivity index (χ0) is 17.8. The Morgan fingerprint density at radius 3 is 2.96 bits per heavy atom. The molecule has 25 heavy (non-hydrogen) atoms. The lowest BCUT2D eigenvalue weighted by molar-refractivity contribution is 0.0781. The van der Waals surface area contributed by atoms with Crippen LogP contribution < -0.4 is 0 Å². The van der Waals surface area contributed by atoms with Crippen molar-refractivity contribution in [2.75, 3.05) is 27.2 Å². The zero-order valence-electron chi connectivity index (χ0n) is 14.8. The predicted octanol–water partition coefficient (Wildman–Crippen LogP) is 2.40. The summed E-state index contributed by atoms with van der Waals surface area (Å²) in [6.45, 7) is 2.41. The monoisotopic (exact) mass is 359 g/mol. The van der Waals surface area contributed by atoms with Gasteiger partial charge in [0.05, 0.1) is 6.61 Å². The topological polar surface area (TPSA) is 56.7 Å². The van der Waals surface area contributed by atoms with E-state index in [9.17, 15) is 9.90 Å². The molecule has 134 valence electrons. The number of likely N-dealkylation sites (tertiary alicyclic amines) is 1. The predicted molar refractivity (Wildman–Crippen MR) is 99.6 cm³/mol. The molecule has 1 fully saturated rings. The lowest BCUT2D eigenvalue weighted by Crippen LogP contribution is -2.29. The lowest BCUT2D eigenvalue weighted by Gasteiger charge is -2.15. The summed E-state index contributed by atoms with van der Waals surface area (Å²) in [4.78, 5) is 21.1. The standard InChI is InChI=1S/C19H25N3O2S/c1-21(2)11-18-20-17(13-25-18)19(24)22-7-6-15(10-22)8-14-4-3-5-16(9-14)12-23/h3-5,9,13,15,23H,6-8,10-12H2,1-2H3. The fourth-order valence-corrected chi connectivity index (χ4v) is 4.17. The average molecular weight is 359 g/mol. The minimum atomic E-state index is 0.0489. The molecular formula is C19H25N3O2S. The summed E-state index contributed by atoms with van der Waals surface area (Å²) in [5.41, 5.74) is 2.75. The van der Waals surface area contributed by atoms with E-state index in [1.165, 1.54) is 5.56 Å². The molecule has 2 heterocycles. The van der Waals surface area contributed by atoms with Gasteiger partial charge in [-0.15, -0.1) is 11.3 Å². The van der Waals surface area contributed by atoms with Gasteiger partial charge in [0, 0.05) is 25.0 Å². The van der Waals surface area contributed by atoms with Crippen molar-refractivity contribution in [1.29, 1.82) is 0 Å². The number of aromatic nitrogens is 1. The molecule has 1 N–H and O–H groups in total. The van der Waals surface area contributed by atoms with Crippen LogP contribution in [0, 0.1) is 5.92 Å². The molecule has 0 bridgehead atoms. The Balaban J connectivity index is 1.58. The Morgan fingerprint density at radius 1 is 1.40 bits per heavy atom. The van der Waals surface area contributed by atoms with Gasteiger partial charge in [-0.25, -0.2) is 4.98 Å². The van der Waals surface area contributed by atoms with Gasteiger partial charge >= 0.3 is 0 Å². The summed E-state index contributed by atoms with van der Waals surface area (Å²) in [5.74, 6) is 0.519. The van der Waals surface area contributed by atoms with E-state index < -0.39 is 0 Å². The fourth-order valence-electron chi connectivity index (χ4n) is 3.29. The molecule has 1 atom stereocenters. The molecule has 1 amide bonds. The third-order valence-electron chi connectivity index (χ3n) is 4.49. The van der Waals surface area contributed by atoms with Crippen molar-refractivity contribution < 1.29 is 9.90 Å². The van der Waals surface area contributed by atoms with Crippen LogP contribution in [0.1, 0.15) is 33.0 Å². The van der Waals surface area contributed by atoms with Crippen LogP contribution in [-0.4, -0.2) is 53.0 Å². The molecule has 1 aromatic carbocycles. The molecule has 0 radical (unpaired) electrons. The molecule has 1 aromatic heterocycles. The first kappa shape index (κ1) is 18.0. The second-order valence-corrected chi connectivity index (χ2v) is 7.89. The van der Waals surface area contributed by atoms with Gasteiger partial charge in [0.1, 0.15) is 10.7 Å². The van der Waals surface area contributed by atoms with Crippen LogP contribution in [0.5, 0.6) is 0 Å². The Morgan fingerprint density at radius 2 is 2.20 bits per heavy atom. The van der Waals surface area contributed by atoms with Crippen molar-refractivity contribution in [1.82, 2.24) is 14.8 Å². The van der Waals surface area contributed by atoms with Crippen LogP contribution in [-0.2, 0) is 19.6 Å². The van der Waals surface area contributed by atoms with Crippen LogP contribution in [0.25, 0.3) is 0 Å². The number of benzene rings is 1. The molecule has 3 rings (SSSR count). The van der Waals surface area contributed by atoms with Gasteiger partial charge in [0.15, 0.2) is 0 Å². The molecule has 1 unspecified atom stereocenters. The minimum Gasteiger partial charge on any atom is -0.392 e. The molecule has 1 aliphatic heterocycles. The highest BCUT2D eigenvalue weighted by Gasteiger charge is 2.28. The van der Waals surface area contributed by atoms with Crippen LogP contribution in [0.15, 0.2) is 29.6 Å². The molecule has 0 aliphatic carbocycles. The van der Waals surface area contributed by atoms with E-state index in [0.717, 1.165) is 43.0 Å². The molecule has 2 aromatic rings. The van der Waals surface area contributed by atoms with E-state index in [1.807, 2.05) is 36.5 Å². The molecule has 1 aliphatic rings. The number of hydrogen-bond donors (Lipinski definition) is 1. The summed E-state index contributed by atoms with van der Waals surface area (Å²) in [6, 6.07) is 8.07. The van der Waals surface area contributed by atoms with Crippen molar-refractivity contribution in [2.45, 2.75) is 26.0 Å². The van der Waals surface area contributed by atoms with Crippen molar-refractivity contribution in [3.05, 3.63) is 51.5 Å². The van der Waals surface area contributed by atoms with Crippen LogP contribution in [0.4, 0.5) is 0 Å². The number of aliphatic hydroxyl groups is 1. The van der Waals surface area contributed by atoms with E-state index in [4.69, 9.17) is 0 Å². The Hall–Kier alpha value is -1.76. The minimum absolute atomic E-state index is 0.0489. The normalized spacial score (nSPS) is 17.4. The maximum atomic E-state index is 12.7. The van der Waals surface area contributed by atoms with Gasteiger partial charge in [-0.2, -0.15) is 0 Å². The SMILES string of the molecule is CN(C)Cc1nc(C(=O)N2CCC(Cc3cccc(CO)c3)C2)cs1. The van der Waals surface area contributed by atoms with Crippen molar-refractivity contribution in [3.8, 4) is 0 Å². The first-order chi connectivity index (χ1) is 12.0. The third kappa shape index (κ3) is 4.66. The molecule has 6 heteroatoms. The van der Waals surface area contributed by atoms with Crippen molar-refractivity contribution >= 4 is 17.2 Å². The van der Waals surface area contributed by atoms with Crippen LogP contribution in [0.3, 0.4) is 0 Å². The van der Waals surface area contributed by atoms with E-state index in [2.05, 4.69) is 22.0 Å². The highest BCUT2D eigenvalue weighted by atomic mass is 32.1. The van der Waals surface area contributed by atoms with E-state index >= 15 is 0 Å². The van der Waals surface area contributed by atoms with Crippen molar-refractivity contribution in [2.24, 2.45) is 5.92 Å². The second-order valence-electron chi connectivity index (χ2n) is 6.95. The van der Waals surface area contributed by atoms with E-state index in [0.29, 0.717) is 11.6 Å². The average Bonchev–Trinajstić information content (AvgIpc) is 3.23. The lowest BCUT2D eigenvalue weighted by atomic mass is 9.97. The highest BCUT2D eigenvalue weighted by molar-refractivity contribution is 7.09. The summed E-state index contributed by atoms with van der Waals surface area (Å²) in [6.07, 6.45) is 1.96. The second kappa shape index (κ2) is 8.08. The molecule has 0 spiro atoms. The van der Waals surface area contributed by atoms with Crippen molar-refractivity contribution in [3.63, 3.8) is 0 Å². The fraction of sp³-hybridized carbons (Fsp3) is 0.474. The quantitative estimate of drug-likeness (QED) is 0.860. The molecule has 0 saturated carbocycles. The Labute approximate surface area is 152 Å². The maximum Gasteiger partial charge on any atom is 0.273 e. The Kier molecular flexibility index (Phi) is 5.83. The third-order valence-corrected chi connectivity index (χ3v) is 5.33. The number of rotatable bonds is 6. The van der Waals surface area contributed by atoms with Gasteiger partial charge in [-0.05, 0) is 44.0 Å². The number of carbonyl (C=O) groups excluding carboxylic acids is 1.